The van der Waals surface area contributed by atoms with Gasteiger partial charge in [-0.05, 0) is 54.8 Å². The number of carbonyl (C=O) groups excluding carboxylic acids is 1. The minimum Gasteiger partial charge on any atom is -0.354 e. The molecule has 5 rings (SSSR count). The van der Waals surface area contributed by atoms with Crippen molar-refractivity contribution in [1.29, 1.82) is 0 Å². The fourth-order valence-corrected chi connectivity index (χ4v) is 5.90. The van der Waals surface area contributed by atoms with Crippen molar-refractivity contribution in [1.82, 2.24) is 13.9 Å². The number of H-pyrrole nitrogens is 1. The molecule has 0 bridgehead atoms. The van der Waals surface area contributed by atoms with Crippen LogP contribution in [0.3, 0.4) is 0 Å². The lowest BCUT2D eigenvalue weighted by Crippen LogP contribution is -2.30. The zero-order chi connectivity index (χ0) is 23.9. The number of nitrogens with zero attached hydrogens (tertiary/aromatic N) is 2. The van der Waals surface area contributed by atoms with Crippen molar-refractivity contribution in [3.05, 3.63) is 88.6 Å². The van der Waals surface area contributed by atoms with Crippen molar-refractivity contribution in [3.63, 3.8) is 0 Å². The Balaban J connectivity index is 1.55. The van der Waals surface area contributed by atoms with Crippen LogP contribution in [0.4, 0.5) is 4.39 Å². The summed E-state index contributed by atoms with van der Waals surface area (Å²) in [6, 6.07) is 15.5. The number of aromatic nitrogens is 2. The first-order chi connectivity index (χ1) is 16.3. The third-order valence-corrected chi connectivity index (χ3v) is 7.97. The van der Waals surface area contributed by atoms with Crippen LogP contribution in [-0.2, 0) is 16.6 Å². The maximum absolute atomic E-state index is 13.5. The number of para-hydroxylation sites is 1. The molecule has 9 heteroatoms. The molecule has 2 aromatic heterocycles. The summed E-state index contributed by atoms with van der Waals surface area (Å²) in [4.78, 5) is 29.2. The molecule has 1 fully saturated rings. The predicted octanol–water partition coefficient (Wildman–Crippen LogP) is 3.80. The molecule has 0 spiro atoms. The van der Waals surface area contributed by atoms with E-state index in [1.807, 2.05) is 12.1 Å². The molecular weight excluding hydrogens is 457 g/mol. The molecule has 4 aromatic rings. The van der Waals surface area contributed by atoms with Gasteiger partial charge in [-0.2, -0.15) is 4.31 Å². The number of ketones is 1. The minimum atomic E-state index is -3.74. The highest BCUT2D eigenvalue weighted by atomic mass is 32.2. The topological polar surface area (TPSA) is 92.2 Å². The van der Waals surface area contributed by atoms with Gasteiger partial charge in [-0.15, -0.1) is 0 Å². The smallest absolute Gasteiger partial charge is 0.251 e. The van der Waals surface area contributed by atoms with Gasteiger partial charge in [0.15, 0.2) is 5.78 Å². The Morgan fingerprint density at radius 1 is 0.971 bits per heavy atom. The SMILES string of the molecule is O=C(Cn1cc(S(=O)(=O)N2CCCC2)ccc1=O)c1c(-c2ccc(F)cc2)[nH]c2ccccc12. The van der Waals surface area contributed by atoms with E-state index in [4.69, 9.17) is 0 Å². The fourth-order valence-electron chi connectivity index (χ4n) is 4.36. The largest absolute Gasteiger partial charge is 0.354 e. The summed E-state index contributed by atoms with van der Waals surface area (Å²) in [5.74, 6) is -0.759. The Kier molecular flexibility index (Phi) is 5.66. The predicted molar refractivity (Wildman–Crippen MR) is 127 cm³/mol. The number of rotatable bonds is 6. The van der Waals surface area contributed by atoms with Crippen molar-refractivity contribution < 1.29 is 17.6 Å². The van der Waals surface area contributed by atoms with Gasteiger partial charge >= 0.3 is 0 Å². The molecule has 34 heavy (non-hydrogen) atoms. The second-order valence-electron chi connectivity index (χ2n) is 8.29. The Hall–Kier alpha value is -3.56. The Labute approximate surface area is 195 Å². The number of carbonyl (C=O) groups is 1. The zero-order valence-electron chi connectivity index (χ0n) is 18.2. The number of Topliss-reactive ketones (excluding diaryl/α,β-unsaturated/α-hetero) is 1. The maximum Gasteiger partial charge on any atom is 0.251 e. The minimum absolute atomic E-state index is 0.0144. The summed E-state index contributed by atoms with van der Waals surface area (Å²) in [7, 11) is -3.74. The van der Waals surface area contributed by atoms with Crippen LogP contribution in [0.15, 0.2) is 76.6 Å². The van der Waals surface area contributed by atoms with Crippen molar-refractivity contribution in [2.75, 3.05) is 13.1 Å². The number of pyridine rings is 1. The number of hydrogen-bond acceptors (Lipinski definition) is 4. The molecular formula is C25H22FN3O4S. The van der Waals surface area contributed by atoms with Gasteiger partial charge in [0.25, 0.3) is 5.56 Å². The van der Waals surface area contributed by atoms with E-state index >= 15 is 0 Å². The molecule has 174 valence electrons. The summed E-state index contributed by atoms with van der Waals surface area (Å²) < 4.78 is 41.9. The van der Waals surface area contributed by atoms with Gasteiger partial charge < -0.3 is 9.55 Å². The molecule has 0 radical (unpaired) electrons. The number of fused-ring (bicyclic) bond motifs is 1. The first kappa shape index (κ1) is 22.2. The standard InChI is InChI=1S/C25H22FN3O4S/c26-18-9-7-17(8-10-18)25-24(20-5-1-2-6-21(20)27-25)22(30)16-28-15-19(11-12-23(28)31)34(32,33)29-13-3-4-14-29/h1-2,5-12,15,27H,3-4,13-14,16H2. The van der Waals surface area contributed by atoms with Crippen molar-refractivity contribution in [2.24, 2.45) is 0 Å². The van der Waals surface area contributed by atoms with Crippen LogP contribution in [0.2, 0.25) is 0 Å². The first-order valence-corrected chi connectivity index (χ1v) is 12.4. The zero-order valence-corrected chi connectivity index (χ0v) is 19.0. The van der Waals surface area contributed by atoms with Gasteiger partial charge in [-0.25, -0.2) is 12.8 Å². The number of aromatic amines is 1. The Morgan fingerprint density at radius 3 is 2.41 bits per heavy atom. The van der Waals surface area contributed by atoms with Crippen LogP contribution in [0.5, 0.6) is 0 Å². The lowest BCUT2D eigenvalue weighted by atomic mass is 10.0. The Morgan fingerprint density at radius 2 is 1.68 bits per heavy atom. The van der Waals surface area contributed by atoms with E-state index < -0.39 is 21.4 Å². The lowest BCUT2D eigenvalue weighted by Gasteiger charge is -2.16. The summed E-state index contributed by atoms with van der Waals surface area (Å²) in [6.45, 7) is 0.547. The highest BCUT2D eigenvalue weighted by Gasteiger charge is 2.28. The first-order valence-electron chi connectivity index (χ1n) is 10.9. The summed E-state index contributed by atoms with van der Waals surface area (Å²) in [5.41, 5.74) is 1.75. The van der Waals surface area contributed by atoms with Crippen LogP contribution in [0.1, 0.15) is 23.2 Å². The van der Waals surface area contributed by atoms with Gasteiger partial charge in [0.2, 0.25) is 10.0 Å². The molecule has 0 unspecified atom stereocenters. The second-order valence-corrected chi connectivity index (χ2v) is 10.2. The summed E-state index contributed by atoms with van der Waals surface area (Å²) >= 11 is 0. The van der Waals surface area contributed by atoms with Gasteiger partial charge in [0, 0.05) is 36.3 Å². The van der Waals surface area contributed by atoms with E-state index in [-0.39, 0.29) is 17.2 Å². The highest BCUT2D eigenvalue weighted by Crippen LogP contribution is 2.31. The summed E-state index contributed by atoms with van der Waals surface area (Å²) in [5, 5.41) is 0.667. The quantitative estimate of drug-likeness (QED) is 0.426. The van der Waals surface area contributed by atoms with E-state index in [0.29, 0.717) is 35.3 Å². The Bertz CT molecular complexity index is 1550. The lowest BCUT2D eigenvalue weighted by molar-refractivity contribution is 0.0972. The molecule has 7 nitrogen and oxygen atoms in total. The molecule has 0 atom stereocenters. The molecule has 0 amide bonds. The van der Waals surface area contributed by atoms with Crippen LogP contribution in [0, 0.1) is 5.82 Å². The third kappa shape index (κ3) is 3.97. The third-order valence-electron chi connectivity index (χ3n) is 6.09. The molecule has 2 aromatic carbocycles. The van der Waals surface area contributed by atoms with Crippen molar-refractivity contribution in [3.8, 4) is 11.3 Å². The van der Waals surface area contributed by atoms with E-state index in [2.05, 4.69) is 4.98 Å². The van der Waals surface area contributed by atoms with Crippen LogP contribution in [0.25, 0.3) is 22.2 Å². The number of halogens is 1. The van der Waals surface area contributed by atoms with Crippen molar-refractivity contribution >= 4 is 26.7 Å². The maximum atomic E-state index is 13.5. The fraction of sp³-hybridized carbons (Fsp3) is 0.200. The van der Waals surface area contributed by atoms with E-state index in [1.165, 1.54) is 34.8 Å². The molecule has 1 N–H and O–H groups in total. The highest BCUT2D eigenvalue weighted by molar-refractivity contribution is 7.89. The van der Waals surface area contributed by atoms with Crippen molar-refractivity contribution in [2.45, 2.75) is 24.3 Å². The molecule has 3 heterocycles. The van der Waals surface area contributed by atoms with Crippen LogP contribution < -0.4 is 5.56 Å². The van der Waals surface area contributed by atoms with E-state index in [1.54, 1.807) is 24.3 Å². The van der Waals surface area contributed by atoms with Crippen LogP contribution in [-0.4, -0.2) is 41.1 Å². The molecule has 0 saturated carbocycles. The molecule has 0 aliphatic carbocycles. The average molecular weight is 480 g/mol. The average Bonchev–Trinajstić information content (AvgIpc) is 3.50. The van der Waals surface area contributed by atoms with Gasteiger partial charge in [-0.3, -0.25) is 9.59 Å². The normalized spacial score (nSPS) is 14.6. The second kappa shape index (κ2) is 8.66. The van der Waals surface area contributed by atoms with Gasteiger partial charge in [0.1, 0.15) is 5.82 Å². The van der Waals surface area contributed by atoms with Crippen LogP contribution >= 0.6 is 0 Å². The number of hydrogen-bond donors (Lipinski definition) is 1. The molecule has 1 saturated heterocycles. The number of sulfonamides is 1. The van der Waals surface area contributed by atoms with E-state index in [0.717, 1.165) is 22.9 Å². The number of benzene rings is 2. The van der Waals surface area contributed by atoms with Gasteiger partial charge in [-0.1, -0.05) is 18.2 Å². The van der Waals surface area contributed by atoms with Gasteiger partial charge in [0.05, 0.1) is 22.7 Å². The monoisotopic (exact) mass is 479 g/mol. The van der Waals surface area contributed by atoms with E-state index in [9.17, 15) is 22.4 Å². The molecule has 1 aliphatic rings. The molecule has 1 aliphatic heterocycles. The summed E-state index contributed by atoms with van der Waals surface area (Å²) in [6.07, 6.45) is 2.83. The number of nitrogens with one attached hydrogen (secondary N) is 1.